The molecule has 0 N–H and O–H groups in total. The van der Waals surface area contributed by atoms with Crippen molar-refractivity contribution in [2.75, 3.05) is 6.66 Å². The van der Waals surface area contributed by atoms with Gasteiger partial charge in [-0.3, -0.25) is 0 Å². The van der Waals surface area contributed by atoms with Crippen molar-refractivity contribution >= 4 is 8.81 Å². The van der Waals surface area contributed by atoms with E-state index in [0.29, 0.717) is 6.10 Å². The third kappa shape index (κ3) is 2.64. The predicted octanol–water partition coefficient (Wildman–Crippen LogP) is 2.29. The Morgan fingerprint density at radius 3 is 2.44 bits per heavy atom. The second-order valence-electron chi connectivity index (χ2n) is 2.63. The lowest BCUT2D eigenvalue weighted by atomic mass is 9.98. The Morgan fingerprint density at radius 1 is 1.22 bits per heavy atom. The van der Waals surface area contributed by atoms with Crippen LogP contribution < -0.4 is 0 Å². The summed E-state index contributed by atoms with van der Waals surface area (Å²) in [5, 5.41) is 0. The summed E-state index contributed by atoms with van der Waals surface area (Å²) >= 11 is 0. The number of hydrogen-bond donors (Lipinski definition) is 0. The van der Waals surface area contributed by atoms with Crippen LogP contribution in [-0.4, -0.2) is 12.8 Å². The molecule has 1 aliphatic rings. The molecule has 1 unspecified atom stereocenters. The maximum atomic E-state index is 5.57. The maximum Gasteiger partial charge on any atom is 0.117 e. The van der Waals surface area contributed by atoms with Crippen LogP contribution in [0.2, 0.25) is 0 Å². The van der Waals surface area contributed by atoms with Crippen LogP contribution in [0.5, 0.6) is 0 Å². The summed E-state index contributed by atoms with van der Waals surface area (Å²) in [6.45, 7) is 2.16. The molecular formula is C7H16OP+. The van der Waals surface area contributed by atoms with Gasteiger partial charge in [-0.2, -0.15) is 0 Å². The van der Waals surface area contributed by atoms with Gasteiger partial charge in [0.25, 0.3) is 0 Å². The quantitative estimate of drug-likeness (QED) is 0.544. The van der Waals surface area contributed by atoms with Crippen molar-refractivity contribution in [1.82, 2.24) is 0 Å². The standard InChI is InChI=1S/C7H15OP/c1-9-8-7-5-3-2-4-6-7/h7,9H,2-6H2,1H3/p+1. The van der Waals surface area contributed by atoms with E-state index in [2.05, 4.69) is 6.66 Å². The second kappa shape index (κ2) is 4.24. The minimum Gasteiger partial charge on any atom is -0.240 e. The number of rotatable bonds is 2. The molecule has 0 heterocycles. The van der Waals surface area contributed by atoms with Crippen molar-refractivity contribution in [2.24, 2.45) is 0 Å². The molecule has 0 aliphatic heterocycles. The molecule has 0 aromatic carbocycles. The second-order valence-corrected chi connectivity index (χ2v) is 3.38. The summed E-state index contributed by atoms with van der Waals surface area (Å²) in [6, 6.07) is 0. The molecule has 0 saturated heterocycles. The molecule has 0 aromatic heterocycles. The highest BCUT2D eigenvalue weighted by Crippen LogP contribution is 2.24. The van der Waals surface area contributed by atoms with Crippen molar-refractivity contribution < 1.29 is 4.52 Å². The summed E-state index contributed by atoms with van der Waals surface area (Å²) < 4.78 is 5.57. The molecule has 1 rings (SSSR count). The molecule has 1 nitrogen and oxygen atoms in total. The lowest BCUT2D eigenvalue weighted by Gasteiger charge is -2.17. The van der Waals surface area contributed by atoms with Crippen LogP contribution >= 0.6 is 8.81 Å². The Morgan fingerprint density at radius 2 is 1.89 bits per heavy atom. The van der Waals surface area contributed by atoms with E-state index in [-0.39, 0.29) is 8.81 Å². The third-order valence-electron chi connectivity index (χ3n) is 1.88. The molecule has 54 valence electrons. The van der Waals surface area contributed by atoms with E-state index in [4.69, 9.17) is 4.52 Å². The fourth-order valence-corrected chi connectivity index (χ4v) is 2.05. The predicted molar refractivity (Wildman–Crippen MR) is 43.6 cm³/mol. The zero-order valence-electron chi connectivity index (χ0n) is 6.10. The molecule has 0 bridgehead atoms. The summed E-state index contributed by atoms with van der Waals surface area (Å²) in [7, 11) is 0.279. The topological polar surface area (TPSA) is 9.23 Å². The Kier molecular flexibility index (Phi) is 3.54. The molecule has 2 heteroatoms. The Balaban J connectivity index is 2.08. The van der Waals surface area contributed by atoms with Gasteiger partial charge >= 0.3 is 0 Å². The third-order valence-corrected chi connectivity index (χ3v) is 2.54. The van der Waals surface area contributed by atoms with E-state index >= 15 is 0 Å². The van der Waals surface area contributed by atoms with Gasteiger partial charge in [0.15, 0.2) is 0 Å². The number of hydrogen-bond acceptors (Lipinski definition) is 1. The van der Waals surface area contributed by atoms with Gasteiger partial charge in [0.1, 0.15) is 14.9 Å². The van der Waals surface area contributed by atoms with Gasteiger partial charge in [0, 0.05) is 0 Å². The molecule has 1 saturated carbocycles. The lowest BCUT2D eigenvalue weighted by Crippen LogP contribution is -2.12. The molecule has 1 fully saturated rings. The normalized spacial score (nSPS) is 23.7. The minimum atomic E-state index is 0.279. The Bertz CT molecular complexity index is 66.6. The van der Waals surface area contributed by atoms with Crippen LogP contribution in [0, 0.1) is 0 Å². The van der Waals surface area contributed by atoms with Crippen molar-refractivity contribution in [3.8, 4) is 0 Å². The van der Waals surface area contributed by atoms with Crippen LogP contribution in [0.1, 0.15) is 32.1 Å². The zero-order chi connectivity index (χ0) is 6.53. The molecule has 0 amide bonds. The molecule has 0 spiro atoms. The van der Waals surface area contributed by atoms with E-state index in [1.165, 1.54) is 32.1 Å². The van der Waals surface area contributed by atoms with Gasteiger partial charge in [0.2, 0.25) is 0 Å². The molecule has 0 aromatic rings. The molecular weight excluding hydrogens is 131 g/mol. The highest BCUT2D eigenvalue weighted by molar-refractivity contribution is 7.31. The van der Waals surface area contributed by atoms with Crippen LogP contribution in [0.3, 0.4) is 0 Å². The van der Waals surface area contributed by atoms with Crippen molar-refractivity contribution in [3.05, 3.63) is 0 Å². The van der Waals surface area contributed by atoms with Crippen LogP contribution in [-0.2, 0) is 4.52 Å². The van der Waals surface area contributed by atoms with Crippen LogP contribution in [0.4, 0.5) is 0 Å². The van der Waals surface area contributed by atoms with Crippen molar-refractivity contribution in [1.29, 1.82) is 0 Å². The molecule has 1 aliphatic carbocycles. The first kappa shape index (κ1) is 7.50. The van der Waals surface area contributed by atoms with Gasteiger partial charge in [-0.1, -0.05) is 19.3 Å². The van der Waals surface area contributed by atoms with E-state index in [1.807, 2.05) is 0 Å². The fourth-order valence-electron chi connectivity index (χ4n) is 1.39. The van der Waals surface area contributed by atoms with E-state index in [1.54, 1.807) is 0 Å². The van der Waals surface area contributed by atoms with Gasteiger partial charge < -0.3 is 0 Å². The smallest absolute Gasteiger partial charge is 0.117 e. The van der Waals surface area contributed by atoms with Gasteiger partial charge in [-0.15, -0.1) is 0 Å². The summed E-state index contributed by atoms with van der Waals surface area (Å²) in [5.74, 6) is 0. The Hall–Kier alpha value is 0.390. The summed E-state index contributed by atoms with van der Waals surface area (Å²) in [6.07, 6.45) is 7.49. The van der Waals surface area contributed by atoms with Crippen LogP contribution in [0.15, 0.2) is 0 Å². The monoisotopic (exact) mass is 147 g/mol. The lowest BCUT2D eigenvalue weighted by molar-refractivity contribution is 0.179. The van der Waals surface area contributed by atoms with Crippen molar-refractivity contribution in [3.63, 3.8) is 0 Å². The van der Waals surface area contributed by atoms with E-state index < -0.39 is 0 Å². The summed E-state index contributed by atoms with van der Waals surface area (Å²) in [4.78, 5) is 0. The first-order valence-corrected chi connectivity index (χ1v) is 5.49. The Labute approximate surface area is 59.0 Å². The molecule has 0 radical (unpaired) electrons. The zero-order valence-corrected chi connectivity index (χ0v) is 7.25. The highest BCUT2D eigenvalue weighted by Gasteiger charge is 2.14. The first-order valence-electron chi connectivity index (χ1n) is 3.87. The van der Waals surface area contributed by atoms with Crippen LogP contribution in [0.25, 0.3) is 0 Å². The SMILES string of the molecule is C[PH2+]OC1CCCCC1. The van der Waals surface area contributed by atoms with Crippen molar-refractivity contribution in [2.45, 2.75) is 38.2 Å². The average Bonchev–Trinajstić information content (AvgIpc) is 1.91. The maximum absolute atomic E-state index is 5.57. The first-order chi connectivity index (χ1) is 4.43. The van der Waals surface area contributed by atoms with E-state index in [9.17, 15) is 0 Å². The molecule has 1 atom stereocenters. The van der Waals surface area contributed by atoms with E-state index in [0.717, 1.165) is 0 Å². The largest absolute Gasteiger partial charge is 0.240 e. The van der Waals surface area contributed by atoms with Gasteiger partial charge in [-0.05, 0) is 12.8 Å². The highest BCUT2D eigenvalue weighted by atomic mass is 31.1. The molecule has 9 heavy (non-hydrogen) atoms. The fraction of sp³-hybridized carbons (Fsp3) is 1.00. The van der Waals surface area contributed by atoms with Gasteiger partial charge in [-0.25, -0.2) is 4.52 Å². The van der Waals surface area contributed by atoms with Gasteiger partial charge in [0.05, 0.1) is 6.66 Å². The summed E-state index contributed by atoms with van der Waals surface area (Å²) in [5.41, 5.74) is 0. The minimum absolute atomic E-state index is 0.279. The average molecular weight is 147 g/mol.